The number of urea groups is 1. The first-order chi connectivity index (χ1) is 8.26. The number of aliphatic hydroxyl groups is 1. The van der Waals surface area contributed by atoms with E-state index in [-0.39, 0.29) is 12.6 Å². The van der Waals surface area contributed by atoms with Gasteiger partial charge in [0, 0.05) is 19.7 Å². The lowest BCUT2D eigenvalue weighted by atomic mass is 10.0. The van der Waals surface area contributed by atoms with Crippen molar-refractivity contribution >= 4 is 12.0 Å². The van der Waals surface area contributed by atoms with Crippen LogP contribution in [0.4, 0.5) is 4.79 Å². The number of hydrogen-bond donors (Lipinski definition) is 4. The predicted octanol–water partition coefficient (Wildman–Crippen LogP) is -0.0637. The van der Waals surface area contributed by atoms with E-state index in [9.17, 15) is 14.7 Å². The molecule has 0 aliphatic carbocycles. The van der Waals surface area contributed by atoms with Crippen molar-refractivity contribution in [1.29, 1.82) is 0 Å². The lowest BCUT2D eigenvalue weighted by molar-refractivity contribution is -0.141. The van der Waals surface area contributed by atoms with Gasteiger partial charge in [-0.3, -0.25) is 4.79 Å². The maximum Gasteiger partial charge on any atom is 0.314 e. The van der Waals surface area contributed by atoms with E-state index in [2.05, 4.69) is 10.6 Å². The molecule has 0 fully saturated rings. The lowest BCUT2D eigenvalue weighted by Crippen LogP contribution is -2.47. The van der Waals surface area contributed by atoms with Gasteiger partial charge in [0.05, 0.1) is 18.1 Å². The van der Waals surface area contributed by atoms with Crippen LogP contribution in [0.25, 0.3) is 0 Å². The summed E-state index contributed by atoms with van der Waals surface area (Å²) < 4.78 is 5.22. The molecule has 0 rings (SSSR count). The third kappa shape index (κ3) is 8.77. The van der Waals surface area contributed by atoms with Crippen LogP contribution in [0.1, 0.15) is 27.2 Å². The molecule has 0 aliphatic rings. The van der Waals surface area contributed by atoms with E-state index in [1.54, 1.807) is 0 Å². The Morgan fingerprint density at radius 2 is 2.00 bits per heavy atom. The molecule has 7 heteroatoms. The van der Waals surface area contributed by atoms with E-state index in [0.717, 1.165) is 0 Å². The fourth-order valence-corrected chi connectivity index (χ4v) is 1.30. The largest absolute Gasteiger partial charge is 0.481 e. The fraction of sp³-hybridized carbons (Fsp3) is 0.818. The second-order valence-electron chi connectivity index (χ2n) is 4.40. The van der Waals surface area contributed by atoms with Gasteiger partial charge < -0.3 is 25.6 Å². The van der Waals surface area contributed by atoms with Gasteiger partial charge in [0.15, 0.2) is 0 Å². The molecule has 4 N–H and O–H groups in total. The number of carboxylic acids is 1. The van der Waals surface area contributed by atoms with Gasteiger partial charge >= 0.3 is 12.0 Å². The molecule has 0 bridgehead atoms. The van der Waals surface area contributed by atoms with E-state index in [1.807, 2.05) is 13.8 Å². The van der Waals surface area contributed by atoms with Crippen molar-refractivity contribution in [2.45, 2.75) is 38.9 Å². The molecule has 0 aromatic heterocycles. The number of carbonyl (C=O) groups is 2. The number of aliphatic carboxylic acids is 1. The molecule has 0 saturated heterocycles. The Labute approximate surface area is 107 Å². The Bertz CT molecular complexity index is 281. The molecule has 2 unspecified atom stereocenters. The van der Waals surface area contributed by atoms with Gasteiger partial charge in [-0.1, -0.05) is 0 Å². The van der Waals surface area contributed by atoms with Crippen LogP contribution in [-0.2, 0) is 9.53 Å². The average molecular weight is 262 g/mol. The van der Waals surface area contributed by atoms with Crippen molar-refractivity contribution in [1.82, 2.24) is 10.6 Å². The van der Waals surface area contributed by atoms with Crippen molar-refractivity contribution in [3.8, 4) is 0 Å². The third-order valence-electron chi connectivity index (χ3n) is 2.16. The monoisotopic (exact) mass is 262 g/mol. The maximum absolute atomic E-state index is 11.3. The van der Waals surface area contributed by atoms with Crippen molar-refractivity contribution in [3.63, 3.8) is 0 Å². The normalized spacial score (nSPS) is 15.6. The highest BCUT2D eigenvalue weighted by Crippen LogP contribution is 2.06. The second kappa shape index (κ2) is 7.88. The Morgan fingerprint density at radius 1 is 1.39 bits per heavy atom. The third-order valence-corrected chi connectivity index (χ3v) is 2.16. The molecule has 0 spiro atoms. The van der Waals surface area contributed by atoms with Gasteiger partial charge in [0.1, 0.15) is 0 Å². The zero-order chi connectivity index (χ0) is 14.2. The number of hydrogen-bond acceptors (Lipinski definition) is 4. The molecule has 0 aromatic carbocycles. The van der Waals surface area contributed by atoms with Crippen molar-refractivity contribution in [2.24, 2.45) is 0 Å². The number of amides is 2. The zero-order valence-corrected chi connectivity index (χ0v) is 11.0. The van der Waals surface area contributed by atoms with E-state index < -0.39 is 24.0 Å². The summed E-state index contributed by atoms with van der Waals surface area (Å²) >= 11 is 0. The van der Waals surface area contributed by atoms with Gasteiger partial charge in [-0.05, 0) is 20.8 Å². The summed E-state index contributed by atoms with van der Waals surface area (Å²) in [6, 6.07) is -0.466. The second-order valence-corrected chi connectivity index (χ2v) is 4.40. The molecule has 0 saturated carbocycles. The number of nitrogens with one attached hydrogen (secondary N) is 2. The first kappa shape index (κ1) is 16.7. The minimum Gasteiger partial charge on any atom is -0.481 e. The lowest BCUT2D eigenvalue weighted by Gasteiger charge is -2.22. The molecule has 0 radical (unpaired) electrons. The molecule has 0 aromatic rings. The summed E-state index contributed by atoms with van der Waals surface area (Å²) in [5.41, 5.74) is -1.46. The predicted molar refractivity (Wildman–Crippen MR) is 65.4 cm³/mol. The Balaban J connectivity index is 3.85. The molecular formula is C11H22N2O5. The summed E-state index contributed by atoms with van der Waals surface area (Å²) in [4.78, 5) is 21.8. The molecule has 106 valence electrons. The standard InChI is InChI=1S/C11H22N2O5/c1-4-18-8(2)6-12-10(16)13-7-11(3,17)5-9(14)15/h8,17H,4-7H2,1-3H3,(H,14,15)(H2,12,13,16). The Kier molecular flexibility index (Phi) is 7.30. The highest BCUT2D eigenvalue weighted by atomic mass is 16.5. The molecule has 2 atom stereocenters. The first-order valence-electron chi connectivity index (χ1n) is 5.84. The van der Waals surface area contributed by atoms with Crippen LogP contribution in [0.3, 0.4) is 0 Å². The minimum atomic E-state index is -1.46. The summed E-state index contributed by atoms with van der Waals surface area (Å²) in [5.74, 6) is -1.12. The topological polar surface area (TPSA) is 108 Å². The Hall–Kier alpha value is -1.34. The molecule has 0 aliphatic heterocycles. The van der Waals surface area contributed by atoms with Crippen LogP contribution in [0, 0.1) is 0 Å². The van der Waals surface area contributed by atoms with Crippen LogP contribution in [-0.4, -0.2) is 53.6 Å². The number of rotatable bonds is 8. The van der Waals surface area contributed by atoms with Gasteiger partial charge in [0.2, 0.25) is 0 Å². The van der Waals surface area contributed by atoms with Gasteiger partial charge in [-0.15, -0.1) is 0 Å². The van der Waals surface area contributed by atoms with Crippen LogP contribution in [0.15, 0.2) is 0 Å². The number of carbonyl (C=O) groups excluding carboxylic acids is 1. The number of carboxylic acid groups (broad SMARTS) is 1. The minimum absolute atomic E-state index is 0.0970. The van der Waals surface area contributed by atoms with Crippen molar-refractivity contribution in [3.05, 3.63) is 0 Å². The molecule has 18 heavy (non-hydrogen) atoms. The summed E-state index contributed by atoms with van der Waals surface area (Å²) in [5, 5.41) is 23.2. The highest BCUT2D eigenvalue weighted by Gasteiger charge is 2.24. The maximum atomic E-state index is 11.3. The fourth-order valence-electron chi connectivity index (χ4n) is 1.30. The van der Waals surface area contributed by atoms with Crippen molar-refractivity contribution < 1.29 is 24.5 Å². The molecule has 0 heterocycles. The zero-order valence-electron chi connectivity index (χ0n) is 11.0. The summed E-state index contributed by atoms with van der Waals surface area (Å²) in [6.07, 6.45) is -0.525. The van der Waals surface area contributed by atoms with Gasteiger partial charge in [-0.25, -0.2) is 4.79 Å². The van der Waals surface area contributed by atoms with E-state index in [1.165, 1.54) is 6.92 Å². The van der Waals surface area contributed by atoms with Crippen LogP contribution >= 0.6 is 0 Å². The highest BCUT2D eigenvalue weighted by molar-refractivity contribution is 5.74. The van der Waals surface area contributed by atoms with Crippen LogP contribution < -0.4 is 10.6 Å². The smallest absolute Gasteiger partial charge is 0.314 e. The van der Waals surface area contributed by atoms with Gasteiger partial charge in [0.25, 0.3) is 0 Å². The quantitative estimate of drug-likeness (QED) is 0.490. The van der Waals surface area contributed by atoms with E-state index in [4.69, 9.17) is 9.84 Å². The van der Waals surface area contributed by atoms with Crippen LogP contribution in [0.5, 0.6) is 0 Å². The van der Waals surface area contributed by atoms with Crippen molar-refractivity contribution in [2.75, 3.05) is 19.7 Å². The number of ether oxygens (including phenoxy) is 1. The Morgan fingerprint density at radius 3 is 2.50 bits per heavy atom. The first-order valence-corrected chi connectivity index (χ1v) is 5.84. The SMILES string of the molecule is CCOC(C)CNC(=O)NCC(C)(O)CC(=O)O. The average Bonchev–Trinajstić information content (AvgIpc) is 2.22. The van der Waals surface area contributed by atoms with E-state index >= 15 is 0 Å². The summed E-state index contributed by atoms with van der Waals surface area (Å²) in [7, 11) is 0. The summed E-state index contributed by atoms with van der Waals surface area (Å²) in [6.45, 7) is 5.82. The molecular weight excluding hydrogens is 240 g/mol. The molecule has 2 amide bonds. The van der Waals surface area contributed by atoms with E-state index in [0.29, 0.717) is 13.2 Å². The van der Waals surface area contributed by atoms with Crippen LogP contribution in [0.2, 0.25) is 0 Å². The van der Waals surface area contributed by atoms with Gasteiger partial charge in [-0.2, -0.15) is 0 Å². The molecule has 7 nitrogen and oxygen atoms in total.